The van der Waals surface area contributed by atoms with Gasteiger partial charge in [0.05, 0.1) is 6.54 Å². The normalized spacial score (nSPS) is 9.86. The van der Waals surface area contributed by atoms with E-state index in [1.54, 1.807) is 7.05 Å². The topological polar surface area (TPSA) is 53.2 Å². The molecule has 1 amide bonds. The predicted octanol–water partition coefficient (Wildman–Crippen LogP) is 0.531. The molecule has 4 nitrogen and oxygen atoms in total. The first-order valence-electron chi connectivity index (χ1n) is 4.34. The molecule has 0 aliphatic heterocycles. The third-order valence-corrected chi connectivity index (χ3v) is 1.72. The third kappa shape index (κ3) is 3.16. The highest BCUT2D eigenvalue weighted by molar-refractivity contribution is 5.93. The van der Waals surface area contributed by atoms with Crippen molar-refractivity contribution in [2.75, 3.05) is 18.9 Å². The summed E-state index contributed by atoms with van der Waals surface area (Å²) in [6.07, 6.45) is 0. The van der Waals surface area contributed by atoms with Crippen LogP contribution in [-0.4, -0.2) is 19.5 Å². The maximum atomic E-state index is 11.3. The molecule has 1 radical (unpaired) electrons. The van der Waals surface area contributed by atoms with Crippen molar-refractivity contribution in [3.05, 3.63) is 36.8 Å². The lowest BCUT2D eigenvalue weighted by molar-refractivity contribution is -0.115. The molecule has 0 unspecified atom stereocenters. The van der Waals surface area contributed by atoms with Crippen LogP contribution < -0.4 is 16.2 Å². The molecule has 0 saturated carbocycles. The number of hydrogen-bond donors (Lipinski definition) is 3. The van der Waals surface area contributed by atoms with Crippen LogP contribution in [0.1, 0.15) is 5.56 Å². The summed E-state index contributed by atoms with van der Waals surface area (Å²) in [7, 11) is 1.71. The first kappa shape index (κ1) is 10.7. The van der Waals surface area contributed by atoms with E-state index in [-0.39, 0.29) is 12.5 Å². The zero-order chi connectivity index (χ0) is 10.4. The molecule has 0 aliphatic rings. The summed E-state index contributed by atoms with van der Waals surface area (Å²) in [5.41, 5.74) is 6.93. The first-order chi connectivity index (χ1) is 6.74. The van der Waals surface area contributed by atoms with Gasteiger partial charge in [0, 0.05) is 5.69 Å². The van der Waals surface area contributed by atoms with Crippen molar-refractivity contribution in [2.24, 2.45) is 0 Å². The molecule has 4 heteroatoms. The van der Waals surface area contributed by atoms with Gasteiger partial charge in [0.1, 0.15) is 0 Å². The Morgan fingerprint density at radius 2 is 2.14 bits per heavy atom. The van der Waals surface area contributed by atoms with Gasteiger partial charge in [0.15, 0.2) is 0 Å². The molecule has 0 heterocycles. The monoisotopic (exact) mass is 192 g/mol. The largest absolute Gasteiger partial charge is 0.325 e. The van der Waals surface area contributed by atoms with Crippen LogP contribution in [0.5, 0.6) is 0 Å². The Bertz CT molecular complexity index is 312. The van der Waals surface area contributed by atoms with Gasteiger partial charge in [-0.05, 0) is 25.6 Å². The van der Waals surface area contributed by atoms with E-state index in [0.29, 0.717) is 0 Å². The Hall–Kier alpha value is -1.39. The summed E-state index contributed by atoms with van der Waals surface area (Å²) in [4.78, 5) is 11.3. The minimum Gasteiger partial charge on any atom is -0.325 e. The number of hydrogen-bond acceptors (Lipinski definition) is 3. The van der Waals surface area contributed by atoms with Crippen LogP contribution in [0, 0.1) is 6.92 Å². The summed E-state index contributed by atoms with van der Waals surface area (Å²) < 4.78 is 0. The molecular weight excluding hydrogens is 178 g/mol. The minimum absolute atomic E-state index is 0.101. The highest BCUT2D eigenvalue weighted by Crippen LogP contribution is 2.12. The zero-order valence-corrected chi connectivity index (χ0v) is 8.13. The Labute approximate surface area is 83.7 Å². The van der Waals surface area contributed by atoms with E-state index in [2.05, 4.69) is 23.1 Å². The number of amides is 1. The van der Waals surface area contributed by atoms with Gasteiger partial charge < -0.3 is 5.32 Å². The van der Waals surface area contributed by atoms with Crippen LogP contribution in [0.3, 0.4) is 0 Å². The molecular formula is C10H14N3O. The van der Waals surface area contributed by atoms with Gasteiger partial charge in [-0.25, -0.2) is 5.43 Å². The van der Waals surface area contributed by atoms with Crippen LogP contribution in [-0.2, 0) is 4.79 Å². The standard InChI is InChI=1S/C10H14N3O/c1-8-5-3-4-6-9(8)13-10(14)7-12-11-2/h3-6,11-12H,1,7H2,2H3,(H,13,14). The second-order valence-electron chi connectivity index (χ2n) is 2.81. The van der Waals surface area contributed by atoms with E-state index >= 15 is 0 Å². The second-order valence-corrected chi connectivity index (χ2v) is 2.81. The van der Waals surface area contributed by atoms with Crippen molar-refractivity contribution in [1.82, 2.24) is 10.9 Å². The van der Waals surface area contributed by atoms with Gasteiger partial charge in [-0.3, -0.25) is 10.2 Å². The van der Waals surface area contributed by atoms with Gasteiger partial charge in [0.25, 0.3) is 0 Å². The van der Waals surface area contributed by atoms with Gasteiger partial charge >= 0.3 is 0 Å². The Morgan fingerprint density at radius 1 is 1.43 bits per heavy atom. The Kier molecular flexibility index (Phi) is 4.10. The van der Waals surface area contributed by atoms with Crippen LogP contribution >= 0.6 is 0 Å². The minimum atomic E-state index is -0.101. The lowest BCUT2D eigenvalue weighted by Crippen LogP contribution is -2.35. The average Bonchev–Trinajstić information content (AvgIpc) is 2.18. The van der Waals surface area contributed by atoms with E-state index in [9.17, 15) is 4.79 Å². The van der Waals surface area contributed by atoms with Crippen LogP contribution in [0.2, 0.25) is 0 Å². The van der Waals surface area contributed by atoms with Gasteiger partial charge in [-0.15, -0.1) is 0 Å². The number of para-hydroxylation sites is 1. The van der Waals surface area contributed by atoms with Crippen molar-refractivity contribution in [1.29, 1.82) is 0 Å². The number of rotatable bonds is 4. The van der Waals surface area contributed by atoms with E-state index in [4.69, 9.17) is 0 Å². The number of nitrogens with one attached hydrogen (secondary N) is 3. The smallest absolute Gasteiger partial charge is 0.239 e. The molecule has 1 rings (SSSR count). The van der Waals surface area contributed by atoms with Crippen LogP contribution in [0.15, 0.2) is 24.3 Å². The molecule has 0 fully saturated rings. The van der Waals surface area contributed by atoms with Gasteiger partial charge in [-0.2, -0.15) is 0 Å². The highest BCUT2D eigenvalue weighted by atomic mass is 16.2. The van der Waals surface area contributed by atoms with Crippen molar-refractivity contribution < 1.29 is 4.79 Å². The van der Waals surface area contributed by atoms with Crippen LogP contribution in [0.25, 0.3) is 0 Å². The first-order valence-corrected chi connectivity index (χ1v) is 4.34. The summed E-state index contributed by atoms with van der Waals surface area (Å²) in [5.74, 6) is -0.101. The molecule has 75 valence electrons. The maximum Gasteiger partial charge on any atom is 0.239 e. The van der Waals surface area contributed by atoms with Crippen molar-refractivity contribution >= 4 is 11.6 Å². The van der Waals surface area contributed by atoms with Crippen LogP contribution in [0.4, 0.5) is 5.69 Å². The molecule has 0 bridgehead atoms. The van der Waals surface area contributed by atoms with Crippen molar-refractivity contribution in [3.8, 4) is 0 Å². The third-order valence-electron chi connectivity index (χ3n) is 1.72. The lowest BCUT2D eigenvalue weighted by Gasteiger charge is -2.07. The summed E-state index contributed by atoms with van der Waals surface area (Å²) in [6, 6.07) is 7.40. The number of anilines is 1. The Morgan fingerprint density at radius 3 is 2.79 bits per heavy atom. The number of hydrazine groups is 1. The number of carbonyl (C=O) groups is 1. The summed E-state index contributed by atoms with van der Waals surface area (Å²) in [6.45, 7) is 4.03. The molecule has 1 aromatic carbocycles. The van der Waals surface area contributed by atoms with E-state index in [1.807, 2.05) is 24.3 Å². The lowest BCUT2D eigenvalue weighted by atomic mass is 10.2. The fourth-order valence-electron chi connectivity index (χ4n) is 1.01. The SMILES string of the molecule is [CH2]c1ccccc1NC(=O)CNNC. The highest BCUT2D eigenvalue weighted by Gasteiger charge is 2.02. The quantitative estimate of drug-likeness (QED) is 0.610. The summed E-state index contributed by atoms with van der Waals surface area (Å²) >= 11 is 0. The van der Waals surface area contributed by atoms with Gasteiger partial charge in [0.2, 0.25) is 5.91 Å². The average molecular weight is 192 g/mol. The molecule has 3 N–H and O–H groups in total. The number of benzene rings is 1. The van der Waals surface area contributed by atoms with Gasteiger partial charge in [-0.1, -0.05) is 18.2 Å². The fourth-order valence-corrected chi connectivity index (χ4v) is 1.01. The van der Waals surface area contributed by atoms with E-state index in [0.717, 1.165) is 11.3 Å². The molecule has 0 saturated heterocycles. The molecule has 0 atom stereocenters. The number of carbonyl (C=O) groups excluding carboxylic acids is 1. The van der Waals surface area contributed by atoms with E-state index in [1.165, 1.54) is 0 Å². The molecule has 0 aliphatic carbocycles. The molecule has 1 aromatic rings. The molecule has 0 spiro atoms. The fraction of sp³-hybridized carbons (Fsp3) is 0.200. The van der Waals surface area contributed by atoms with Crippen molar-refractivity contribution in [2.45, 2.75) is 0 Å². The van der Waals surface area contributed by atoms with Crippen molar-refractivity contribution in [3.63, 3.8) is 0 Å². The maximum absolute atomic E-state index is 11.3. The zero-order valence-electron chi connectivity index (χ0n) is 8.13. The predicted molar refractivity (Wildman–Crippen MR) is 56.6 cm³/mol. The summed E-state index contributed by atoms with van der Waals surface area (Å²) in [5, 5.41) is 2.74. The second kappa shape index (κ2) is 5.36. The Balaban J connectivity index is 2.52. The molecule has 0 aromatic heterocycles. The van der Waals surface area contributed by atoms with E-state index < -0.39 is 0 Å². The molecule has 14 heavy (non-hydrogen) atoms.